The number of thioether (sulfide) groups is 1. The molecule has 7 heteroatoms. The van der Waals surface area contributed by atoms with E-state index < -0.39 is 0 Å². The van der Waals surface area contributed by atoms with Crippen molar-refractivity contribution in [1.82, 2.24) is 20.2 Å². The molecular formula is C32H31N5OS. The summed E-state index contributed by atoms with van der Waals surface area (Å²) in [5, 5.41) is 16.2. The van der Waals surface area contributed by atoms with Crippen molar-refractivity contribution in [2.45, 2.75) is 38.3 Å². The first-order chi connectivity index (χ1) is 18.8. The van der Waals surface area contributed by atoms with Gasteiger partial charge in [-0.25, -0.2) is 5.43 Å². The van der Waals surface area contributed by atoms with E-state index in [0.29, 0.717) is 5.16 Å². The second-order valence-electron chi connectivity index (χ2n) is 10.4. The van der Waals surface area contributed by atoms with Gasteiger partial charge in [-0.15, -0.1) is 10.2 Å². The molecule has 0 saturated carbocycles. The van der Waals surface area contributed by atoms with E-state index in [2.05, 4.69) is 84.0 Å². The summed E-state index contributed by atoms with van der Waals surface area (Å²) < 4.78 is 1.99. The first-order valence-corrected chi connectivity index (χ1v) is 13.9. The summed E-state index contributed by atoms with van der Waals surface area (Å²) in [7, 11) is 0. The molecule has 196 valence electrons. The number of benzene rings is 4. The number of fused-ring (bicyclic) bond motifs is 1. The van der Waals surface area contributed by atoms with Crippen molar-refractivity contribution in [1.29, 1.82) is 0 Å². The number of nitrogens with zero attached hydrogens (tertiary/aromatic N) is 4. The summed E-state index contributed by atoms with van der Waals surface area (Å²) in [5.41, 5.74) is 7.66. The van der Waals surface area contributed by atoms with E-state index >= 15 is 0 Å². The number of carbonyl (C=O) groups excluding carboxylic acids is 1. The van der Waals surface area contributed by atoms with Crippen LogP contribution in [0, 0.1) is 0 Å². The molecule has 6 nitrogen and oxygen atoms in total. The monoisotopic (exact) mass is 533 g/mol. The summed E-state index contributed by atoms with van der Waals surface area (Å²) in [6.45, 7) is 8.49. The third-order valence-corrected chi connectivity index (χ3v) is 7.45. The molecule has 0 aliphatic heterocycles. The minimum absolute atomic E-state index is 0.0639. The van der Waals surface area contributed by atoms with Crippen LogP contribution in [-0.2, 0) is 10.2 Å². The zero-order chi connectivity index (χ0) is 27.4. The summed E-state index contributed by atoms with van der Waals surface area (Å²) in [5.74, 6) is 0.674. The van der Waals surface area contributed by atoms with E-state index in [-0.39, 0.29) is 17.1 Å². The molecule has 0 aliphatic carbocycles. The zero-order valence-corrected chi connectivity index (χ0v) is 23.4. The Bertz CT molecular complexity index is 1630. The largest absolute Gasteiger partial charge is 0.272 e. The molecule has 1 N–H and O–H groups in total. The lowest BCUT2D eigenvalue weighted by Crippen LogP contribution is -2.21. The van der Waals surface area contributed by atoms with Gasteiger partial charge in [0.05, 0.1) is 11.5 Å². The van der Waals surface area contributed by atoms with Crippen LogP contribution in [-0.4, -0.2) is 32.1 Å². The lowest BCUT2D eigenvalue weighted by molar-refractivity contribution is -0.118. The van der Waals surface area contributed by atoms with Gasteiger partial charge in [0, 0.05) is 16.8 Å². The number of carbonyl (C=O) groups is 1. The highest BCUT2D eigenvalue weighted by Crippen LogP contribution is 2.30. The molecular weight excluding hydrogens is 502 g/mol. The normalized spacial score (nSPS) is 12.1. The number of rotatable bonds is 7. The average molecular weight is 534 g/mol. The number of hydrogen-bond donors (Lipinski definition) is 1. The Morgan fingerprint density at radius 1 is 0.872 bits per heavy atom. The molecule has 0 atom stereocenters. The highest BCUT2D eigenvalue weighted by atomic mass is 32.2. The highest BCUT2D eigenvalue weighted by Gasteiger charge is 2.19. The van der Waals surface area contributed by atoms with Crippen molar-refractivity contribution in [3.63, 3.8) is 0 Å². The second kappa shape index (κ2) is 11.3. The van der Waals surface area contributed by atoms with Gasteiger partial charge in [-0.3, -0.25) is 9.36 Å². The van der Waals surface area contributed by atoms with Crippen LogP contribution in [0.15, 0.2) is 107 Å². The first-order valence-electron chi connectivity index (χ1n) is 12.9. The number of nitrogens with one attached hydrogen (secondary N) is 1. The number of para-hydroxylation sites is 1. The van der Waals surface area contributed by atoms with Crippen molar-refractivity contribution >= 4 is 34.2 Å². The molecule has 5 rings (SSSR count). The molecule has 0 radical (unpaired) electrons. The lowest BCUT2D eigenvalue weighted by Gasteiger charge is -2.19. The second-order valence-corrected chi connectivity index (χ2v) is 11.3. The maximum absolute atomic E-state index is 12.8. The topological polar surface area (TPSA) is 72.2 Å². The molecule has 5 aromatic rings. The van der Waals surface area contributed by atoms with Gasteiger partial charge >= 0.3 is 0 Å². The van der Waals surface area contributed by atoms with Crippen molar-refractivity contribution in [3.8, 4) is 17.1 Å². The van der Waals surface area contributed by atoms with Crippen LogP contribution in [0.25, 0.3) is 27.8 Å². The summed E-state index contributed by atoms with van der Waals surface area (Å²) >= 11 is 1.33. The maximum Gasteiger partial charge on any atom is 0.250 e. The van der Waals surface area contributed by atoms with E-state index in [0.717, 1.165) is 39.1 Å². The molecule has 39 heavy (non-hydrogen) atoms. The minimum atomic E-state index is -0.210. The molecule has 0 spiro atoms. The van der Waals surface area contributed by atoms with Gasteiger partial charge in [0.2, 0.25) is 0 Å². The quantitative estimate of drug-likeness (QED) is 0.139. The van der Waals surface area contributed by atoms with Crippen LogP contribution < -0.4 is 5.43 Å². The van der Waals surface area contributed by atoms with Crippen LogP contribution in [0.3, 0.4) is 0 Å². The van der Waals surface area contributed by atoms with E-state index in [1.165, 1.54) is 17.3 Å². The molecule has 0 fully saturated rings. The molecule has 1 aromatic heterocycles. The minimum Gasteiger partial charge on any atom is -0.272 e. The Morgan fingerprint density at radius 3 is 2.31 bits per heavy atom. The van der Waals surface area contributed by atoms with Gasteiger partial charge in [-0.1, -0.05) is 117 Å². The molecule has 1 heterocycles. The van der Waals surface area contributed by atoms with Crippen molar-refractivity contribution in [2.75, 3.05) is 5.75 Å². The van der Waals surface area contributed by atoms with Crippen LogP contribution in [0.5, 0.6) is 0 Å². The van der Waals surface area contributed by atoms with Gasteiger partial charge in [0.15, 0.2) is 11.0 Å². The molecule has 0 unspecified atom stereocenters. The summed E-state index contributed by atoms with van der Waals surface area (Å²) in [6, 6.07) is 32.6. The Labute approximate surface area is 233 Å². The standard InChI is InChI=1S/C32H31N5OS/c1-22(27-16-10-12-23-11-8-9-15-28(23)27)33-34-29(38)21-39-31-36-35-30(37(31)26-13-6-5-7-14-26)24-17-19-25(20-18-24)32(2,3)4/h5-20H,21H2,1-4H3,(H,34,38)/b33-22+. The summed E-state index contributed by atoms with van der Waals surface area (Å²) in [6.07, 6.45) is 0. The first kappa shape index (κ1) is 26.4. The predicted octanol–water partition coefficient (Wildman–Crippen LogP) is 7.02. The van der Waals surface area contributed by atoms with Gasteiger partial charge in [0.1, 0.15) is 0 Å². The number of aromatic nitrogens is 3. The van der Waals surface area contributed by atoms with E-state index in [4.69, 9.17) is 0 Å². The van der Waals surface area contributed by atoms with E-state index in [1.807, 2.05) is 66.1 Å². The third-order valence-electron chi connectivity index (χ3n) is 6.52. The molecule has 4 aromatic carbocycles. The fraction of sp³-hybridized carbons (Fsp3) is 0.188. The smallest absolute Gasteiger partial charge is 0.250 e. The van der Waals surface area contributed by atoms with E-state index in [9.17, 15) is 4.79 Å². The van der Waals surface area contributed by atoms with Crippen LogP contribution >= 0.6 is 11.8 Å². The van der Waals surface area contributed by atoms with Crippen molar-refractivity contribution in [3.05, 3.63) is 108 Å². The van der Waals surface area contributed by atoms with Crippen molar-refractivity contribution in [2.24, 2.45) is 5.10 Å². The number of hydrogen-bond acceptors (Lipinski definition) is 5. The number of amides is 1. The SMILES string of the molecule is C/C(=N\NC(=O)CSc1nnc(-c2ccc(C(C)(C)C)cc2)n1-c1ccccc1)c1cccc2ccccc12. The van der Waals surface area contributed by atoms with Crippen molar-refractivity contribution < 1.29 is 4.79 Å². The maximum atomic E-state index is 12.8. The van der Waals surface area contributed by atoms with E-state index in [1.54, 1.807) is 0 Å². The molecule has 0 bridgehead atoms. The van der Waals surface area contributed by atoms with Crippen LogP contribution in [0.4, 0.5) is 0 Å². The van der Waals surface area contributed by atoms with Crippen LogP contribution in [0.2, 0.25) is 0 Å². The lowest BCUT2D eigenvalue weighted by atomic mass is 9.87. The molecule has 0 saturated heterocycles. The fourth-order valence-corrected chi connectivity index (χ4v) is 5.13. The predicted molar refractivity (Wildman–Crippen MR) is 161 cm³/mol. The number of hydrazone groups is 1. The molecule has 0 aliphatic rings. The van der Waals surface area contributed by atoms with Gasteiger partial charge in [-0.05, 0) is 40.8 Å². The molecule has 1 amide bonds. The third kappa shape index (κ3) is 5.94. The van der Waals surface area contributed by atoms with Gasteiger partial charge in [-0.2, -0.15) is 5.10 Å². The Hall–Kier alpha value is -4.23. The Balaban J connectivity index is 1.35. The Morgan fingerprint density at radius 2 is 1.56 bits per heavy atom. The van der Waals surface area contributed by atoms with Crippen LogP contribution in [0.1, 0.15) is 38.8 Å². The Kier molecular flexibility index (Phi) is 7.61. The summed E-state index contributed by atoms with van der Waals surface area (Å²) in [4.78, 5) is 12.8. The highest BCUT2D eigenvalue weighted by molar-refractivity contribution is 7.99. The van der Waals surface area contributed by atoms with Gasteiger partial charge < -0.3 is 0 Å². The zero-order valence-electron chi connectivity index (χ0n) is 22.6. The van der Waals surface area contributed by atoms with Gasteiger partial charge in [0.25, 0.3) is 5.91 Å². The average Bonchev–Trinajstić information content (AvgIpc) is 3.38. The fourth-order valence-electron chi connectivity index (χ4n) is 4.39.